The first kappa shape index (κ1) is 14.6. The molecule has 0 saturated heterocycles. The molecule has 1 atom stereocenters. The van der Waals surface area contributed by atoms with Gasteiger partial charge in [-0.25, -0.2) is 9.07 Å². The van der Waals surface area contributed by atoms with Gasteiger partial charge in [0.05, 0.1) is 4.47 Å². The summed E-state index contributed by atoms with van der Waals surface area (Å²) in [5, 5.41) is 20.1. The number of hydrogen-bond donors (Lipinski definition) is 1. The highest BCUT2D eigenvalue weighted by atomic mass is 79.9. The van der Waals surface area contributed by atoms with E-state index in [0.29, 0.717) is 22.4 Å². The maximum absolute atomic E-state index is 13.2. The maximum atomic E-state index is 13.2. The molecule has 20 heavy (non-hydrogen) atoms. The molecular weight excluding hydrogens is 331 g/mol. The van der Waals surface area contributed by atoms with Crippen LogP contribution in [0.15, 0.2) is 22.7 Å². The number of halogens is 2. The number of rotatable bonds is 5. The molecule has 0 aliphatic rings. The van der Waals surface area contributed by atoms with Crippen molar-refractivity contribution in [1.82, 2.24) is 20.2 Å². The smallest absolute Gasteiger partial charge is 0.303 e. The Balaban J connectivity index is 2.23. The van der Waals surface area contributed by atoms with Gasteiger partial charge in [-0.3, -0.25) is 4.79 Å². The van der Waals surface area contributed by atoms with Crippen LogP contribution in [0.5, 0.6) is 0 Å². The van der Waals surface area contributed by atoms with E-state index in [-0.39, 0.29) is 18.2 Å². The number of nitrogens with zero attached hydrogens (tertiary/aromatic N) is 4. The molecule has 0 bridgehead atoms. The lowest BCUT2D eigenvalue weighted by Gasteiger charge is -2.10. The Morgan fingerprint density at radius 3 is 2.95 bits per heavy atom. The summed E-state index contributed by atoms with van der Waals surface area (Å²) in [5.74, 6) is -0.870. The summed E-state index contributed by atoms with van der Waals surface area (Å²) in [6.07, 6.45) is 0.0341. The van der Waals surface area contributed by atoms with E-state index in [4.69, 9.17) is 5.11 Å². The van der Waals surface area contributed by atoms with Gasteiger partial charge in [0, 0.05) is 18.5 Å². The fourth-order valence-electron chi connectivity index (χ4n) is 1.83. The number of hydrogen-bond acceptors (Lipinski definition) is 4. The first-order valence-corrected chi connectivity index (χ1v) is 6.70. The Morgan fingerprint density at radius 1 is 1.55 bits per heavy atom. The molecule has 8 heteroatoms. The molecule has 1 unspecified atom stereocenters. The van der Waals surface area contributed by atoms with Gasteiger partial charge < -0.3 is 5.11 Å². The van der Waals surface area contributed by atoms with Crippen molar-refractivity contribution in [2.45, 2.75) is 19.9 Å². The second-order valence-corrected chi connectivity index (χ2v) is 5.37. The van der Waals surface area contributed by atoms with E-state index in [0.717, 1.165) is 0 Å². The lowest BCUT2D eigenvalue weighted by atomic mass is 10.1. The van der Waals surface area contributed by atoms with Gasteiger partial charge in [-0.05, 0) is 50.5 Å². The minimum Gasteiger partial charge on any atom is -0.481 e. The maximum Gasteiger partial charge on any atom is 0.303 e. The van der Waals surface area contributed by atoms with Crippen LogP contribution in [0.2, 0.25) is 0 Å². The van der Waals surface area contributed by atoms with Crippen LogP contribution in [0.3, 0.4) is 0 Å². The van der Waals surface area contributed by atoms with Crippen molar-refractivity contribution in [2.24, 2.45) is 5.92 Å². The fraction of sp³-hybridized carbons (Fsp3) is 0.333. The molecule has 2 rings (SSSR count). The minimum atomic E-state index is -0.864. The molecule has 0 saturated carbocycles. The van der Waals surface area contributed by atoms with E-state index >= 15 is 0 Å². The first-order chi connectivity index (χ1) is 9.47. The van der Waals surface area contributed by atoms with Crippen molar-refractivity contribution in [3.8, 4) is 11.4 Å². The van der Waals surface area contributed by atoms with Crippen LogP contribution >= 0.6 is 15.9 Å². The summed E-state index contributed by atoms with van der Waals surface area (Å²) in [4.78, 5) is 10.7. The molecule has 0 aliphatic carbocycles. The van der Waals surface area contributed by atoms with Crippen LogP contribution in [-0.4, -0.2) is 31.3 Å². The molecular formula is C12H12BrFN4O2. The molecule has 1 aromatic carbocycles. The van der Waals surface area contributed by atoms with Gasteiger partial charge in [0.1, 0.15) is 5.82 Å². The van der Waals surface area contributed by atoms with E-state index in [2.05, 4.69) is 31.5 Å². The number of carbonyl (C=O) groups is 1. The number of aromatic nitrogens is 4. The SMILES string of the molecule is CC(CC(=O)O)Cn1nnnc1-c1ccc(F)c(Br)c1. The van der Waals surface area contributed by atoms with Crippen molar-refractivity contribution in [1.29, 1.82) is 0 Å². The standard InChI is InChI=1S/C12H12BrFN4O2/c1-7(4-11(19)20)6-18-12(15-16-17-18)8-2-3-10(14)9(13)5-8/h2-3,5,7H,4,6H2,1H3,(H,19,20). The van der Waals surface area contributed by atoms with Crippen LogP contribution < -0.4 is 0 Å². The monoisotopic (exact) mass is 342 g/mol. The summed E-state index contributed by atoms with van der Waals surface area (Å²) in [5.41, 5.74) is 0.658. The van der Waals surface area contributed by atoms with E-state index in [1.807, 2.05) is 0 Å². The predicted octanol–water partition coefficient (Wildman–Crippen LogP) is 2.35. The molecule has 0 radical (unpaired) electrons. The van der Waals surface area contributed by atoms with Gasteiger partial charge in [0.15, 0.2) is 5.82 Å². The summed E-state index contributed by atoms with van der Waals surface area (Å²) in [7, 11) is 0. The zero-order valence-corrected chi connectivity index (χ0v) is 12.2. The van der Waals surface area contributed by atoms with Crippen LogP contribution in [0.25, 0.3) is 11.4 Å². The van der Waals surface area contributed by atoms with Crippen molar-refractivity contribution >= 4 is 21.9 Å². The average Bonchev–Trinajstić information content (AvgIpc) is 2.79. The normalized spacial score (nSPS) is 12.3. The third-order valence-electron chi connectivity index (χ3n) is 2.72. The Morgan fingerprint density at radius 2 is 2.30 bits per heavy atom. The van der Waals surface area contributed by atoms with E-state index in [1.165, 1.54) is 10.7 Å². The Bertz CT molecular complexity index is 632. The molecule has 0 fully saturated rings. The summed E-state index contributed by atoms with van der Waals surface area (Å²) < 4.78 is 15.1. The van der Waals surface area contributed by atoms with Crippen LogP contribution in [-0.2, 0) is 11.3 Å². The zero-order valence-electron chi connectivity index (χ0n) is 10.6. The second kappa shape index (κ2) is 6.08. The number of tetrazole rings is 1. The Kier molecular flexibility index (Phi) is 4.43. The predicted molar refractivity (Wildman–Crippen MR) is 72.3 cm³/mol. The van der Waals surface area contributed by atoms with Crippen LogP contribution in [0, 0.1) is 11.7 Å². The lowest BCUT2D eigenvalue weighted by molar-refractivity contribution is -0.138. The lowest BCUT2D eigenvalue weighted by Crippen LogP contribution is -2.14. The molecule has 0 amide bonds. The minimum absolute atomic E-state index is 0.0341. The summed E-state index contributed by atoms with van der Waals surface area (Å²) >= 11 is 3.11. The van der Waals surface area contributed by atoms with Gasteiger partial charge >= 0.3 is 5.97 Å². The third kappa shape index (κ3) is 3.38. The highest BCUT2D eigenvalue weighted by molar-refractivity contribution is 9.10. The van der Waals surface area contributed by atoms with Gasteiger partial charge in [0.25, 0.3) is 0 Å². The molecule has 1 aromatic heterocycles. The quantitative estimate of drug-likeness (QED) is 0.901. The molecule has 1 heterocycles. The number of aliphatic carboxylic acids is 1. The average molecular weight is 343 g/mol. The summed E-state index contributed by atoms with van der Waals surface area (Å²) in [6, 6.07) is 4.47. The second-order valence-electron chi connectivity index (χ2n) is 4.52. The highest BCUT2D eigenvalue weighted by Crippen LogP contribution is 2.23. The van der Waals surface area contributed by atoms with E-state index in [1.54, 1.807) is 19.1 Å². The van der Waals surface area contributed by atoms with Crippen LogP contribution in [0.1, 0.15) is 13.3 Å². The number of carboxylic acids is 1. The topological polar surface area (TPSA) is 80.9 Å². The molecule has 106 valence electrons. The van der Waals surface area contributed by atoms with E-state index < -0.39 is 5.97 Å². The first-order valence-electron chi connectivity index (χ1n) is 5.90. The van der Waals surface area contributed by atoms with E-state index in [9.17, 15) is 9.18 Å². The molecule has 6 nitrogen and oxygen atoms in total. The summed E-state index contributed by atoms with van der Waals surface area (Å²) in [6.45, 7) is 2.18. The van der Waals surface area contributed by atoms with Crippen molar-refractivity contribution in [3.05, 3.63) is 28.5 Å². The fourth-order valence-corrected chi connectivity index (χ4v) is 2.21. The molecule has 2 aromatic rings. The highest BCUT2D eigenvalue weighted by Gasteiger charge is 2.15. The molecule has 1 N–H and O–H groups in total. The zero-order chi connectivity index (χ0) is 14.7. The van der Waals surface area contributed by atoms with Gasteiger partial charge in [-0.15, -0.1) is 5.10 Å². The third-order valence-corrected chi connectivity index (χ3v) is 3.33. The van der Waals surface area contributed by atoms with Crippen molar-refractivity contribution in [2.75, 3.05) is 0 Å². The van der Waals surface area contributed by atoms with Crippen LogP contribution in [0.4, 0.5) is 4.39 Å². The van der Waals surface area contributed by atoms with Gasteiger partial charge in [-0.2, -0.15) is 0 Å². The largest absolute Gasteiger partial charge is 0.481 e. The van der Waals surface area contributed by atoms with Crippen molar-refractivity contribution < 1.29 is 14.3 Å². The van der Waals surface area contributed by atoms with Gasteiger partial charge in [0.2, 0.25) is 0 Å². The van der Waals surface area contributed by atoms with Gasteiger partial charge in [-0.1, -0.05) is 6.92 Å². The Labute approximate surface area is 122 Å². The van der Waals surface area contributed by atoms with Crippen molar-refractivity contribution in [3.63, 3.8) is 0 Å². The number of carboxylic acid groups (broad SMARTS) is 1. The number of benzene rings is 1. The molecule has 0 spiro atoms. The molecule has 0 aliphatic heterocycles. The Hall–Kier alpha value is -1.83.